The molecule has 3 rings (SSSR count). The van der Waals surface area contributed by atoms with Gasteiger partial charge < -0.3 is 15.5 Å². The van der Waals surface area contributed by atoms with Crippen LogP contribution in [0.15, 0.2) is 24.3 Å². The van der Waals surface area contributed by atoms with Crippen molar-refractivity contribution in [3.63, 3.8) is 0 Å². The van der Waals surface area contributed by atoms with E-state index in [0.717, 1.165) is 12.1 Å². The standard InChI is InChI=1S/C21H32N4O2/c1-16-5-3-4-12-25(16)14-18-8-6-17(7-9-18)13-22-21(27)23-19-10-11-20(26)24(2)15-19/h6-9,16,19H,3-5,10-15H2,1-2H3,(H2,22,23,27). The van der Waals surface area contributed by atoms with E-state index in [1.165, 1.54) is 31.4 Å². The molecule has 2 unspecified atom stereocenters. The van der Waals surface area contributed by atoms with Crippen LogP contribution in [0.5, 0.6) is 0 Å². The molecule has 0 spiro atoms. The summed E-state index contributed by atoms with van der Waals surface area (Å²) < 4.78 is 0. The third kappa shape index (κ3) is 5.70. The fraction of sp³-hybridized carbons (Fsp3) is 0.619. The molecule has 2 N–H and O–H groups in total. The Kier molecular flexibility index (Phi) is 6.72. The molecule has 2 heterocycles. The van der Waals surface area contributed by atoms with Crippen LogP contribution in [0.1, 0.15) is 50.2 Å². The normalized spacial score (nSPS) is 23.9. The first-order chi connectivity index (χ1) is 13.0. The Bertz CT molecular complexity index is 646. The number of amides is 3. The van der Waals surface area contributed by atoms with Crippen molar-refractivity contribution in [1.82, 2.24) is 20.4 Å². The molecular formula is C21H32N4O2. The number of likely N-dealkylation sites (tertiary alicyclic amines) is 2. The van der Waals surface area contributed by atoms with E-state index in [4.69, 9.17) is 0 Å². The van der Waals surface area contributed by atoms with Crippen molar-refractivity contribution in [2.24, 2.45) is 0 Å². The molecule has 2 saturated heterocycles. The molecule has 1 aromatic carbocycles. The number of nitrogens with one attached hydrogen (secondary N) is 2. The highest BCUT2D eigenvalue weighted by Crippen LogP contribution is 2.19. The van der Waals surface area contributed by atoms with Gasteiger partial charge in [-0.25, -0.2) is 4.79 Å². The Hall–Kier alpha value is -2.08. The van der Waals surface area contributed by atoms with Gasteiger partial charge in [0.2, 0.25) is 5.91 Å². The van der Waals surface area contributed by atoms with Crippen molar-refractivity contribution in [3.8, 4) is 0 Å². The van der Waals surface area contributed by atoms with Gasteiger partial charge in [-0.05, 0) is 43.9 Å². The van der Waals surface area contributed by atoms with Crippen LogP contribution in [0.2, 0.25) is 0 Å². The number of carbonyl (C=O) groups is 2. The zero-order chi connectivity index (χ0) is 19.2. The van der Waals surface area contributed by atoms with E-state index in [9.17, 15) is 9.59 Å². The average molecular weight is 373 g/mol. The Morgan fingerprint density at radius 3 is 2.59 bits per heavy atom. The number of benzene rings is 1. The lowest BCUT2D eigenvalue weighted by molar-refractivity contribution is -0.132. The minimum absolute atomic E-state index is 0.0293. The molecule has 2 aliphatic rings. The van der Waals surface area contributed by atoms with E-state index in [0.29, 0.717) is 32.0 Å². The van der Waals surface area contributed by atoms with E-state index in [2.05, 4.69) is 46.7 Å². The summed E-state index contributed by atoms with van der Waals surface area (Å²) in [5.41, 5.74) is 2.42. The highest BCUT2D eigenvalue weighted by Gasteiger charge is 2.23. The molecule has 2 fully saturated rings. The van der Waals surface area contributed by atoms with Crippen LogP contribution in [-0.4, -0.2) is 54.0 Å². The lowest BCUT2D eigenvalue weighted by atomic mass is 10.0. The first-order valence-electron chi connectivity index (χ1n) is 10.1. The van der Waals surface area contributed by atoms with Crippen molar-refractivity contribution in [2.45, 2.75) is 64.2 Å². The number of nitrogens with zero attached hydrogens (tertiary/aromatic N) is 2. The zero-order valence-electron chi connectivity index (χ0n) is 16.5. The number of hydrogen-bond donors (Lipinski definition) is 2. The van der Waals surface area contributed by atoms with Gasteiger partial charge in [0.25, 0.3) is 0 Å². The highest BCUT2D eigenvalue weighted by atomic mass is 16.2. The van der Waals surface area contributed by atoms with Crippen LogP contribution in [0.3, 0.4) is 0 Å². The molecule has 27 heavy (non-hydrogen) atoms. The van der Waals surface area contributed by atoms with Gasteiger partial charge in [-0.3, -0.25) is 9.69 Å². The summed E-state index contributed by atoms with van der Waals surface area (Å²) >= 11 is 0. The summed E-state index contributed by atoms with van der Waals surface area (Å²) in [6.07, 6.45) is 5.14. The van der Waals surface area contributed by atoms with Crippen LogP contribution < -0.4 is 10.6 Å². The fourth-order valence-corrected chi connectivity index (χ4v) is 3.94. The van der Waals surface area contributed by atoms with E-state index in [1.54, 1.807) is 11.9 Å². The van der Waals surface area contributed by atoms with E-state index >= 15 is 0 Å². The van der Waals surface area contributed by atoms with Crippen molar-refractivity contribution in [1.29, 1.82) is 0 Å². The molecule has 0 saturated carbocycles. The first kappa shape index (κ1) is 19.7. The van der Waals surface area contributed by atoms with Gasteiger partial charge in [0.1, 0.15) is 0 Å². The van der Waals surface area contributed by atoms with Crippen LogP contribution >= 0.6 is 0 Å². The highest BCUT2D eigenvalue weighted by molar-refractivity contribution is 5.78. The first-order valence-corrected chi connectivity index (χ1v) is 10.1. The number of rotatable bonds is 5. The maximum Gasteiger partial charge on any atom is 0.315 e. The van der Waals surface area contributed by atoms with Crippen LogP contribution in [0, 0.1) is 0 Å². The maximum atomic E-state index is 12.1. The number of likely N-dealkylation sites (N-methyl/N-ethyl adjacent to an activating group) is 1. The second-order valence-corrected chi connectivity index (χ2v) is 7.97. The number of hydrogen-bond acceptors (Lipinski definition) is 3. The van der Waals surface area contributed by atoms with Gasteiger partial charge in [0.05, 0.1) is 0 Å². The van der Waals surface area contributed by atoms with Gasteiger partial charge >= 0.3 is 6.03 Å². The molecule has 6 heteroatoms. The zero-order valence-corrected chi connectivity index (χ0v) is 16.5. The third-order valence-electron chi connectivity index (χ3n) is 5.76. The SMILES string of the molecule is CC1CCCCN1Cc1ccc(CNC(=O)NC2CCC(=O)N(C)C2)cc1. The molecule has 0 aromatic heterocycles. The fourth-order valence-electron chi connectivity index (χ4n) is 3.94. The minimum Gasteiger partial charge on any atom is -0.344 e. The number of urea groups is 1. The molecular weight excluding hydrogens is 340 g/mol. The number of carbonyl (C=O) groups excluding carboxylic acids is 2. The number of piperidine rings is 2. The third-order valence-corrected chi connectivity index (χ3v) is 5.76. The minimum atomic E-state index is -0.172. The molecule has 2 atom stereocenters. The summed E-state index contributed by atoms with van der Waals surface area (Å²) in [7, 11) is 1.78. The van der Waals surface area contributed by atoms with E-state index < -0.39 is 0 Å². The van der Waals surface area contributed by atoms with Gasteiger partial charge in [-0.1, -0.05) is 30.7 Å². The maximum absolute atomic E-state index is 12.1. The monoisotopic (exact) mass is 372 g/mol. The van der Waals surface area contributed by atoms with E-state index in [1.807, 2.05) is 0 Å². The lowest BCUT2D eigenvalue weighted by Gasteiger charge is -2.33. The van der Waals surface area contributed by atoms with Crippen LogP contribution in [0.4, 0.5) is 4.79 Å². The predicted molar refractivity (Wildman–Crippen MR) is 106 cm³/mol. The quantitative estimate of drug-likeness (QED) is 0.835. The second kappa shape index (κ2) is 9.22. The topological polar surface area (TPSA) is 64.7 Å². The van der Waals surface area contributed by atoms with Crippen molar-refractivity contribution in [2.75, 3.05) is 20.1 Å². The second-order valence-electron chi connectivity index (χ2n) is 7.97. The van der Waals surface area contributed by atoms with E-state index in [-0.39, 0.29) is 18.0 Å². The molecule has 3 amide bonds. The summed E-state index contributed by atoms with van der Waals surface area (Å²) in [5, 5.41) is 5.88. The summed E-state index contributed by atoms with van der Waals surface area (Å²) in [6, 6.07) is 9.04. The Morgan fingerprint density at radius 1 is 1.15 bits per heavy atom. The largest absolute Gasteiger partial charge is 0.344 e. The smallest absolute Gasteiger partial charge is 0.315 e. The van der Waals surface area contributed by atoms with Gasteiger partial charge in [-0.2, -0.15) is 0 Å². The molecule has 6 nitrogen and oxygen atoms in total. The lowest BCUT2D eigenvalue weighted by Crippen LogP contribution is -2.50. The molecule has 1 aromatic rings. The Labute approximate surface area is 162 Å². The predicted octanol–water partition coefficient (Wildman–Crippen LogP) is 2.48. The summed E-state index contributed by atoms with van der Waals surface area (Å²) in [6.45, 7) is 5.59. The molecule has 0 radical (unpaired) electrons. The molecule has 0 bridgehead atoms. The molecule has 2 aliphatic heterocycles. The molecule has 148 valence electrons. The van der Waals surface area contributed by atoms with Gasteiger partial charge in [-0.15, -0.1) is 0 Å². The van der Waals surface area contributed by atoms with Gasteiger partial charge in [0, 0.05) is 45.2 Å². The van der Waals surface area contributed by atoms with Crippen LogP contribution in [0.25, 0.3) is 0 Å². The van der Waals surface area contributed by atoms with Crippen molar-refractivity contribution >= 4 is 11.9 Å². The Morgan fingerprint density at radius 2 is 1.89 bits per heavy atom. The average Bonchev–Trinajstić information content (AvgIpc) is 2.66. The van der Waals surface area contributed by atoms with Crippen molar-refractivity contribution < 1.29 is 9.59 Å². The van der Waals surface area contributed by atoms with Gasteiger partial charge in [0.15, 0.2) is 0 Å². The van der Waals surface area contributed by atoms with Crippen LogP contribution in [-0.2, 0) is 17.9 Å². The van der Waals surface area contributed by atoms with Crippen molar-refractivity contribution in [3.05, 3.63) is 35.4 Å². The summed E-state index contributed by atoms with van der Waals surface area (Å²) in [4.78, 5) is 27.8. The Balaban J connectivity index is 1.41. The summed E-state index contributed by atoms with van der Waals surface area (Å²) in [5.74, 6) is 0.146. The molecule has 0 aliphatic carbocycles.